The zero-order valence-corrected chi connectivity index (χ0v) is 15.2. The van der Waals surface area contributed by atoms with E-state index < -0.39 is 22.1 Å². The van der Waals surface area contributed by atoms with Crippen LogP contribution < -0.4 is 5.14 Å². The van der Waals surface area contributed by atoms with Crippen LogP contribution >= 0.6 is 11.3 Å². The van der Waals surface area contributed by atoms with Crippen LogP contribution in [-0.2, 0) is 24.3 Å². The van der Waals surface area contributed by atoms with Crippen LogP contribution in [0.25, 0.3) is 0 Å². The standard InChI is InChI=1S/C14H20N2O6S2/c1-8-5-16(6-9(2)21-8)13(17)10(3)22-14(18)11-4-12(23-7-11)24(15,19)20/h4,7-10H,5-6H2,1-3H3,(H2,15,19,20). The molecule has 1 aliphatic rings. The molecule has 2 rings (SSSR count). The minimum Gasteiger partial charge on any atom is -0.449 e. The third-order valence-corrected chi connectivity index (χ3v) is 5.84. The Bertz CT molecular complexity index is 719. The molecule has 0 bridgehead atoms. The Morgan fingerprint density at radius 1 is 1.38 bits per heavy atom. The van der Waals surface area contributed by atoms with Gasteiger partial charge in [0.15, 0.2) is 6.10 Å². The molecule has 2 N–H and O–H groups in total. The topological polar surface area (TPSA) is 116 Å². The summed E-state index contributed by atoms with van der Waals surface area (Å²) in [6, 6.07) is 1.14. The van der Waals surface area contributed by atoms with Gasteiger partial charge in [0.1, 0.15) is 4.21 Å². The molecule has 0 saturated carbocycles. The average molecular weight is 376 g/mol. The van der Waals surface area contributed by atoms with Gasteiger partial charge in [-0.15, -0.1) is 11.3 Å². The lowest BCUT2D eigenvalue weighted by atomic mass is 10.2. The molecule has 8 nitrogen and oxygen atoms in total. The first-order valence-electron chi connectivity index (χ1n) is 7.34. The first-order valence-corrected chi connectivity index (χ1v) is 9.77. The van der Waals surface area contributed by atoms with Crippen molar-refractivity contribution in [2.45, 2.75) is 43.3 Å². The number of amides is 1. The molecule has 134 valence electrons. The van der Waals surface area contributed by atoms with E-state index in [-0.39, 0.29) is 27.9 Å². The van der Waals surface area contributed by atoms with Gasteiger partial charge in [-0.3, -0.25) is 4.79 Å². The fraction of sp³-hybridized carbons (Fsp3) is 0.571. The highest BCUT2D eigenvalue weighted by Crippen LogP contribution is 2.20. The second-order valence-electron chi connectivity index (χ2n) is 5.75. The van der Waals surface area contributed by atoms with Gasteiger partial charge in [-0.2, -0.15) is 0 Å². The predicted octanol–water partition coefficient (Wildman–Crippen LogP) is 0.577. The number of carbonyl (C=O) groups excluding carboxylic acids is 2. The van der Waals surface area contributed by atoms with E-state index in [4.69, 9.17) is 14.6 Å². The van der Waals surface area contributed by atoms with Crippen molar-refractivity contribution in [1.29, 1.82) is 0 Å². The van der Waals surface area contributed by atoms with Gasteiger partial charge in [0.05, 0.1) is 17.8 Å². The smallest absolute Gasteiger partial charge is 0.339 e. The van der Waals surface area contributed by atoms with Crippen molar-refractivity contribution < 1.29 is 27.5 Å². The molecule has 1 aromatic heterocycles. The van der Waals surface area contributed by atoms with E-state index in [9.17, 15) is 18.0 Å². The molecule has 0 aromatic carbocycles. The molecule has 1 saturated heterocycles. The summed E-state index contributed by atoms with van der Waals surface area (Å²) in [5.41, 5.74) is 0.0485. The van der Waals surface area contributed by atoms with Gasteiger partial charge in [0, 0.05) is 18.5 Å². The third-order valence-electron chi connectivity index (χ3n) is 3.45. The molecular weight excluding hydrogens is 356 g/mol. The molecule has 1 aliphatic heterocycles. The van der Waals surface area contributed by atoms with Crippen LogP contribution in [0.2, 0.25) is 0 Å². The lowest BCUT2D eigenvalue weighted by Gasteiger charge is -2.36. The molecule has 1 aromatic rings. The van der Waals surface area contributed by atoms with Crippen molar-refractivity contribution in [3.63, 3.8) is 0 Å². The summed E-state index contributed by atoms with van der Waals surface area (Å²) < 4.78 is 33.0. The summed E-state index contributed by atoms with van der Waals surface area (Å²) in [4.78, 5) is 26.1. The number of nitrogens with two attached hydrogens (primary N) is 1. The van der Waals surface area contributed by atoms with E-state index in [1.54, 1.807) is 4.90 Å². The van der Waals surface area contributed by atoms with E-state index in [0.29, 0.717) is 13.1 Å². The quantitative estimate of drug-likeness (QED) is 0.768. The molecule has 0 spiro atoms. The second kappa shape index (κ2) is 7.18. The highest BCUT2D eigenvalue weighted by molar-refractivity contribution is 7.91. The van der Waals surface area contributed by atoms with Crippen LogP contribution in [0.3, 0.4) is 0 Å². The second-order valence-corrected chi connectivity index (χ2v) is 8.45. The summed E-state index contributed by atoms with van der Waals surface area (Å²) in [7, 11) is -3.87. The SMILES string of the molecule is CC1CN(C(=O)C(C)OC(=O)c2csc(S(N)(=O)=O)c2)CC(C)O1. The van der Waals surface area contributed by atoms with Crippen LogP contribution in [0.4, 0.5) is 0 Å². The number of carbonyl (C=O) groups is 2. The molecule has 1 amide bonds. The van der Waals surface area contributed by atoms with Gasteiger partial charge in [0.2, 0.25) is 10.0 Å². The number of morpholine rings is 1. The Hall–Kier alpha value is -1.49. The summed E-state index contributed by atoms with van der Waals surface area (Å²) in [6.45, 7) is 6.08. The first kappa shape index (κ1) is 18.8. The molecule has 1 fully saturated rings. The van der Waals surface area contributed by atoms with Gasteiger partial charge >= 0.3 is 5.97 Å². The summed E-state index contributed by atoms with van der Waals surface area (Å²) in [6.07, 6.45) is -1.16. The van der Waals surface area contributed by atoms with Crippen LogP contribution in [0.5, 0.6) is 0 Å². The van der Waals surface area contributed by atoms with E-state index in [2.05, 4.69) is 0 Å². The number of hydrogen-bond donors (Lipinski definition) is 1. The minimum atomic E-state index is -3.87. The van der Waals surface area contributed by atoms with Crippen molar-refractivity contribution in [1.82, 2.24) is 4.90 Å². The number of primary sulfonamides is 1. The highest BCUT2D eigenvalue weighted by atomic mass is 32.2. The predicted molar refractivity (Wildman–Crippen MR) is 87.2 cm³/mol. The van der Waals surface area contributed by atoms with Gasteiger partial charge < -0.3 is 14.4 Å². The molecule has 3 atom stereocenters. The van der Waals surface area contributed by atoms with Crippen molar-refractivity contribution >= 4 is 33.2 Å². The average Bonchev–Trinajstić information content (AvgIpc) is 2.95. The van der Waals surface area contributed by atoms with Gasteiger partial charge in [0.25, 0.3) is 5.91 Å². The Morgan fingerprint density at radius 2 is 1.96 bits per heavy atom. The maximum absolute atomic E-state index is 12.4. The summed E-state index contributed by atoms with van der Waals surface area (Å²) in [5, 5.41) is 6.33. The van der Waals surface area contributed by atoms with Crippen LogP contribution in [0, 0.1) is 0 Å². The number of sulfonamides is 1. The van der Waals surface area contributed by atoms with Gasteiger partial charge in [-0.1, -0.05) is 0 Å². The van der Waals surface area contributed by atoms with Crippen LogP contribution in [-0.4, -0.2) is 56.6 Å². The largest absolute Gasteiger partial charge is 0.449 e. The maximum Gasteiger partial charge on any atom is 0.339 e. The fourth-order valence-corrected chi connectivity index (χ4v) is 4.04. The van der Waals surface area contributed by atoms with E-state index in [1.165, 1.54) is 12.3 Å². The van der Waals surface area contributed by atoms with Crippen molar-refractivity contribution in [2.24, 2.45) is 5.14 Å². The Labute approximate surface area is 144 Å². The normalized spacial score (nSPS) is 22.9. The fourth-order valence-electron chi connectivity index (χ4n) is 2.47. The number of ether oxygens (including phenoxy) is 2. The molecule has 0 aliphatic carbocycles. The monoisotopic (exact) mass is 376 g/mol. The van der Waals surface area contributed by atoms with Crippen LogP contribution in [0.1, 0.15) is 31.1 Å². The van der Waals surface area contributed by atoms with Gasteiger partial charge in [-0.25, -0.2) is 18.4 Å². The Morgan fingerprint density at radius 3 is 2.46 bits per heavy atom. The molecule has 2 heterocycles. The highest BCUT2D eigenvalue weighted by Gasteiger charge is 2.30. The maximum atomic E-state index is 12.4. The van der Waals surface area contributed by atoms with Gasteiger partial charge in [-0.05, 0) is 26.8 Å². The van der Waals surface area contributed by atoms with E-state index >= 15 is 0 Å². The summed E-state index contributed by atoms with van der Waals surface area (Å²) >= 11 is 0.823. The number of hydrogen-bond acceptors (Lipinski definition) is 7. The number of nitrogens with zero attached hydrogens (tertiary/aromatic N) is 1. The van der Waals surface area contributed by atoms with E-state index in [1.807, 2.05) is 13.8 Å². The zero-order valence-electron chi connectivity index (χ0n) is 13.6. The Balaban J connectivity index is 2.00. The number of rotatable bonds is 4. The number of thiophene rings is 1. The molecule has 0 radical (unpaired) electrons. The van der Waals surface area contributed by atoms with Crippen molar-refractivity contribution in [2.75, 3.05) is 13.1 Å². The molecule has 10 heteroatoms. The Kier molecular flexibility index (Phi) is 5.63. The summed E-state index contributed by atoms with van der Waals surface area (Å²) in [5.74, 6) is -1.08. The van der Waals surface area contributed by atoms with Crippen molar-refractivity contribution in [3.05, 3.63) is 17.0 Å². The van der Waals surface area contributed by atoms with Crippen molar-refractivity contribution in [3.8, 4) is 0 Å². The zero-order chi connectivity index (χ0) is 18.1. The molecular formula is C14H20N2O6S2. The number of esters is 1. The lowest BCUT2D eigenvalue weighted by molar-refractivity contribution is -0.151. The van der Waals surface area contributed by atoms with Crippen LogP contribution in [0.15, 0.2) is 15.7 Å². The first-order chi connectivity index (χ1) is 11.1. The third kappa shape index (κ3) is 4.53. The molecule has 3 unspecified atom stereocenters. The van der Waals surface area contributed by atoms with E-state index in [0.717, 1.165) is 17.4 Å². The molecule has 24 heavy (non-hydrogen) atoms. The lowest BCUT2D eigenvalue weighted by Crippen LogP contribution is -2.51. The minimum absolute atomic E-state index is 0.0485.